The highest BCUT2D eigenvalue weighted by Gasteiger charge is 2.08. The van der Waals surface area contributed by atoms with Crippen molar-refractivity contribution in [2.24, 2.45) is 0 Å². The summed E-state index contributed by atoms with van der Waals surface area (Å²) in [5, 5.41) is 2.65. The first-order valence-corrected chi connectivity index (χ1v) is 6.61. The number of amides is 1. The molecule has 1 aromatic carbocycles. The maximum Gasteiger partial charge on any atom is 0.307 e. The van der Waals surface area contributed by atoms with Crippen molar-refractivity contribution in [2.45, 2.75) is 13.3 Å². The lowest BCUT2D eigenvalue weighted by molar-refractivity contribution is -0.142. The minimum absolute atomic E-state index is 0.172. The zero-order chi connectivity index (χ0) is 13.5. The Morgan fingerprint density at radius 3 is 2.78 bits per heavy atom. The first-order valence-electron chi connectivity index (χ1n) is 5.53. The second-order valence-corrected chi connectivity index (χ2v) is 4.71. The number of nitrogens with one attached hydrogen (secondary N) is 1. The van der Waals surface area contributed by atoms with Gasteiger partial charge >= 0.3 is 5.97 Å². The number of benzene rings is 1. The number of rotatable bonds is 5. The number of hydrogen-bond donors (Lipinski definition) is 2. The molecule has 0 aromatic heterocycles. The van der Waals surface area contributed by atoms with Crippen molar-refractivity contribution in [2.75, 3.05) is 18.9 Å². The molecule has 0 radical (unpaired) electrons. The number of carbonyl (C=O) groups is 2. The van der Waals surface area contributed by atoms with E-state index < -0.39 is 0 Å². The van der Waals surface area contributed by atoms with Gasteiger partial charge in [0.1, 0.15) is 0 Å². The molecule has 1 rings (SSSR count). The maximum atomic E-state index is 11.7. The van der Waals surface area contributed by atoms with E-state index in [1.807, 2.05) is 0 Å². The first-order chi connectivity index (χ1) is 8.54. The fourth-order valence-electron chi connectivity index (χ4n) is 1.28. The van der Waals surface area contributed by atoms with Crippen molar-refractivity contribution in [1.82, 2.24) is 5.32 Å². The average molecular weight is 362 g/mol. The summed E-state index contributed by atoms with van der Waals surface area (Å²) < 4.78 is 5.58. The van der Waals surface area contributed by atoms with Crippen molar-refractivity contribution in [1.29, 1.82) is 0 Å². The van der Waals surface area contributed by atoms with Gasteiger partial charge in [-0.25, -0.2) is 0 Å². The fraction of sp³-hybridized carbons (Fsp3) is 0.333. The van der Waals surface area contributed by atoms with E-state index in [9.17, 15) is 9.59 Å². The van der Waals surface area contributed by atoms with Crippen molar-refractivity contribution in [3.63, 3.8) is 0 Å². The molecule has 0 fully saturated rings. The highest BCUT2D eigenvalue weighted by Crippen LogP contribution is 2.16. The van der Waals surface area contributed by atoms with E-state index in [-0.39, 0.29) is 24.8 Å². The molecule has 5 nitrogen and oxygen atoms in total. The highest BCUT2D eigenvalue weighted by atomic mass is 127. The van der Waals surface area contributed by atoms with Crippen LogP contribution < -0.4 is 11.1 Å². The van der Waals surface area contributed by atoms with Crippen LogP contribution in [0.25, 0.3) is 0 Å². The van der Waals surface area contributed by atoms with Gasteiger partial charge in [-0.1, -0.05) is 0 Å². The van der Waals surface area contributed by atoms with E-state index in [1.54, 1.807) is 25.1 Å². The number of nitrogen functional groups attached to an aromatic ring is 1. The Bertz CT molecular complexity index is 449. The van der Waals surface area contributed by atoms with Crippen molar-refractivity contribution in [3.8, 4) is 0 Å². The molecule has 3 N–H and O–H groups in total. The van der Waals surface area contributed by atoms with Gasteiger partial charge in [0.2, 0.25) is 0 Å². The summed E-state index contributed by atoms with van der Waals surface area (Å²) in [5.41, 5.74) is 6.82. The van der Waals surface area contributed by atoms with E-state index >= 15 is 0 Å². The molecule has 0 unspecified atom stereocenters. The molecule has 0 atom stereocenters. The van der Waals surface area contributed by atoms with Gasteiger partial charge < -0.3 is 15.8 Å². The maximum absolute atomic E-state index is 11.7. The summed E-state index contributed by atoms with van der Waals surface area (Å²) >= 11 is 2.06. The first kappa shape index (κ1) is 14.7. The number of hydrogen-bond acceptors (Lipinski definition) is 4. The van der Waals surface area contributed by atoms with E-state index in [0.717, 1.165) is 3.57 Å². The van der Waals surface area contributed by atoms with Crippen LogP contribution in [0.2, 0.25) is 0 Å². The van der Waals surface area contributed by atoms with Gasteiger partial charge in [0.25, 0.3) is 5.91 Å². The predicted molar refractivity (Wildman–Crippen MR) is 77.2 cm³/mol. The third kappa shape index (κ3) is 4.52. The second kappa shape index (κ2) is 7.20. The van der Waals surface area contributed by atoms with E-state index in [4.69, 9.17) is 10.5 Å². The number of ether oxygens (including phenoxy) is 1. The van der Waals surface area contributed by atoms with E-state index in [2.05, 4.69) is 27.9 Å². The summed E-state index contributed by atoms with van der Waals surface area (Å²) in [7, 11) is 0. The van der Waals surface area contributed by atoms with E-state index in [0.29, 0.717) is 17.9 Å². The van der Waals surface area contributed by atoms with Gasteiger partial charge in [0.15, 0.2) is 0 Å². The van der Waals surface area contributed by atoms with Crippen LogP contribution in [0.15, 0.2) is 18.2 Å². The Kier molecular flexibility index (Phi) is 5.90. The molecule has 1 aromatic rings. The minimum atomic E-state index is -0.315. The number of halogens is 1. The molecule has 0 aliphatic carbocycles. The van der Waals surface area contributed by atoms with Gasteiger partial charge in [-0.15, -0.1) is 0 Å². The summed E-state index contributed by atoms with van der Waals surface area (Å²) in [5.74, 6) is -0.540. The summed E-state index contributed by atoms with van der Waals surface area (Å²) in [6, 6.07) is 5.04. The van der Waals surface area contributed by atoms with Crippen LogP contribution in [0.5, 0.6) is 0 Å². The van der Waals surface area contributed by atoms with Gasteiger partial charge in [-0.2, -0.15) is 0 Å². The molecule has 0 aliphatic rings. The normalized spacial score (nSPS) is 9.89. The molecule has 0 spiro atoms. The van der Waals surface area contributed by atoms with Crippen LogP contribution in [0.4, 0.5) is 5.69 Å². The van der Waals surface area contributed by atoms with E-state index in [1.165, 1.54) is 0 Å². The smallest absolute Gasteiger partial charge is 0.307 e. The highest BCUT2D eigenvalue weighted by molar-refractivity contribution is 14.1. The van der Waals surface area contributed by atoms with Crippen molar-refractivity contribution in [3.05, 3.63) is 27.3 Å². The fourth-order valence-corrected chi connectivity index (χ4v) is 1.80. The Morgan fingerprint density at radius 1 is 1.44 bits per heavy atom. The largest absolute Gasteiger partial charge is 0.466 e. The molecule has 18 heavy (non-hydrogen) atoms. The van der Waals surface area contributed by atoms with Crippen molar-refractivity contribution >= 4 is 40.2 Å². The lowest BCUT2D eigenvalue weighted by atomic mass is 10.2. The minimum Gasteiger partial charge on any atom is -0.466 e. The average Bonchev–Trinajstić information content (AvgIpc) is 2.33. The van der Waals surface area contributed by atoms with Gasteiger partial charge in [0.05, 0.1) is 13.0 Å². The van der Waals surface area contributed by atoms with Crippen LogP contribution >= 0.6 is 22.6 Å². The Labute approximate surface area is 119 Å². The molecular weight excluding hydrogens is 347 g/mol. The third-order valence-corrected chi connectivity index (χ3v) is 3.12. The van der Waals surface area contributed by atoms with Crippen LogP contribution in [-0.2, 0) is 9.53 Å². The van der Waals surface area contributed by atoms with Gasteiger partial charge in [-0.05, 0) is 47.7 Å². The van der Waals surface area contributed by atoms with Crippen molar-refractivity contribution < 1.29 is 14.3 Å². The summed E-state index contributed by atoms with van der Waals surface area (Å²) in [4.78, 5) is 22.8. The lowest BCUT2D eigenvalue weighted by Crippen LogP contribution is -2.26. The number of esters is 1. The zero-order valence-electron chi connectivity index (χ0n) is 10.0. The van der Waals surface area contributed by atoms with Crippen LogP contribution in [0, 0.1) is 3.57 Å². The van der Waals surface area contributed by atoms with Crippen LogP contribution in [0.1, 0.15) is 23.7 Å². The third-order valence-electron chi connectivity index (χ3n) is 2.18. The molecule has 0 saturated carbocycles. The molecule has 98 valence electrons. The Balaban J connectivity index is 2.45. The zero-order valence-corrected chi connectivity index (χ0v) is 12.2. The van der Waals surface area contributed by atoms with Gasteiger partial charge in [-0.3, -0.25) is 9.59 Å². The summed E-state index contributed by atoms with van der Waals surface area (Å²) in [6.07, 6.45) is 0.172. The quantitative estimate of drug-likeness (QED) is 0.473. The lowest BCUT2D eigenvalue weighted by Gasteiger charge is -2.06. The number of nitrogens with two attached hydrogens (primary N) is 1. The molecule has 1 amide bonds. The standard InChI is InChI=1S/C12H15IN2O3/c1-2-18-11(16)5-6-15-12(17)8-3-4-10(14)9(13)7-8/h3-4,7H,2,5-6,14H2,1H3,(H,15,17). The monoisotopic (exact) mass is 362 g/mol. The Hall–Kier alpha value is -1.31. The second-order valence-electron chi connectivity index (χ2n) is 3.55. The molecule has 0 saturated heterocycles. The summed E-state index contributed by atoms with van der Waals surface area (Å²) in [6.45, 7) is 2.36. The number of anilines is 1. The van der Waals surface area contributed by atoms with Crippen LogP contribution in [-0.4, -0.2) is 25.0 Å². The molecule has 0 heterocycles. The molecular formula is C12H15IN2O3. The molecule has 0 bridgehead atoms. The topological polar surface area (TPSA) is 81.4 Å². The SMILES string of the molecule is CCOC(=O)CCNC(=O)c1ccc(N)c(I)c1. The van der Waals surface area contributed by atoms with Crippen LogP contribution in [0.3, 0.4) is 0 Å². The van der Waals surface area contributed by atoms with Gasteiger partial charge in [0, 0.05) is 21.4 Å². The number of carbonyl (C=O) groups excluding carboxylic acids is 2. The molecule has 0 aliphatic heterocycles. The Morgan fingerprint density at radius 2 is 2.17 bits per heavy atom. The molecule has 6 heteroatoms. The predicted octanol–water partition coefficient (Wildman–Crippen LogP) is 1.56.